The first-order valence-electron chi connectivity index (χ1n) is 9.59. The Balaban J connectivity index is 0.000000234. The fourth-order valence-electron chi connectivity index (χ4n) is 2.76. The van der Waals surface area contributed by atoms with Crippen LogP contribution in [0.5, 0.6) is 0 Å². The molecule has 0 bridgehead atoms. The van der Waals surface area contributed by atoms with Crippen molar-refractivity contribution in [3.63, 3.8) is 0 Å². The minimum atomic E-state index is 0. The van der Waals surface area contributed by atoms with Crippen molar-refractivity contribution in [1.82, 2.24) is 9.97 Å². The van der Waals surface area contributed by atoms with Crippen LogP contribution in [0.3, 0.4) is 0 Å². The van der Waals surface area contributed by atoms with E-state index >= 15 is 0 Å². The predicted octanol–water partition coefficient (Wildman–Crippen LogP) is 6.61. The fraction of sp³-hybridized carbons (Fsp3) is 0.154. The van der Waals surface area contributed by atoms with Crippen LogP contribution in [0, 0.1) is 12.1 Å². The van der Waals surface area contributed by atoms with Crippen LogP contribution >= 0.6 is 0 Å². The van der Waals surface area contributed by atoms with Crippen LogP contribution in [-0.4, -0.2) is 9.97 Å². The summed E-state index contributed by atoms with van der Waals surface area (Å²) in [6, 6.07) is 34.0. The number of nitrogens with zero attached hydrogens (tertiary/aromatic N) is 2. The van der Waals surface area contributed by atoms with Crippen molar-refractivity contribution < 1.29 is 21.1 Å². The van der Waals surface area contributed by atoms with Crippen LogP contribution in [0.15, 0.2) is 91.1 Å². The molecule has 148 valence electrons. The van der Waals surface area contributed by atoms with E-state index in [-0.39, 0.29) is 21.1 Å². The van der Waals surface area contributed by atoms with Crippen molar-refractivity contribution in [1.29, 1.82) is 0 Å². The topological polar surface area (TPSA) is 25.8 Å². The van der Waals surface area contributed by atoms with E-state index in [1.165, 1.54) is 12.0 Å². The van der Waals surface area contributed by atoms with Gasteiger partial charge in [-0.3, -0.25) is 9.97 Å². The first-order chi connectivity index (χ1) is 13.8. The van der Waals surface area contributed by atoms with Crippen molar-refractivity contribution in [3.05, 3.63) is 109 Å². The molecule has 4 aromatic rings. The van der Waals surface area contributed by atoms with E-state index in [1.807, 2.05) is 72.8 Å². The quantitative estimate of drug-likeness (QED) is 0.263. The van der Waals surface area contributed by atoms with Crippen molar-refractivity contribution in [3.8, 4) is 22.6 Å². The average Bonchev–Trinajstić information content (AvgIpc) is 2.81. The van der Waals surface area contributed by atoms with Crippen LogP contribution in [0.2, 0.25) is 0 Å². The first-order valence-corrected chi connectivity index (χ1v) is 9.59. The maximum Gasteiger partial charge on any atom is 2.00 e. The molecule has 0 amide bonds. The van der Waals surface area contributed by atoms with Crippen LogP contribution in [-0.2, 0) is 21.1 Å². The summed E-state index contributed by atoms with van der Waals surface area (Å²) in [5.41, 5.74) is 5.09. The Morgan fingerprint density at radius 1 is 0.793 bits per heavy atom. The third kappa shape index (κ3) is 6.76. The number of benzene rings is 2. The Labute approximate surface area is 188 Å². The van der Waals surface area contributed by atoms with Crippen LogP contribution in [0.4, 0.5) is 0 Å². The van der Waals surface area contributed by atoms with Gasteiger partial charge in [-0.15, -0.1) is 35.9 Å². The molecule has 1 unspecified atom stereocenters. The Hall–Kier alpha value is -2.57. The second-order valence-corrected chi connectivity index (χ2v) is 6.54. The standard InChI is InChI=1S/C16H11N2.C10H13.Pt/c1-2-7-13(8-3-1)14-10-6-11-16(18-14)15-9-4-5-12-17-15;1-3-9(2)10-7-5-4-6-8-10;/h1-7,9-12H;5-9H,3H2,1-2H3;/q2*-1;+2. The zero-order valence-corrected chi connectivity index (χ0v) is 18.9. The molecule has 0 aliphatic heterocycles. The molecule has 29 heavy (non-hydrogen) atoms. The summed E-state index contributed by atoms with van der Waals surface area (Å²) in [6.07, 6.45) is 2.99. The SMILES string of the molecule is CCC(C)c1cc[c-]cc1.[Pt+2].[c-]1ccccc1-c1cccc(-c2ccccn2)n1. The van der Waals surface area contributed by atoms with Gasteiger partial charge in [-0.05, 0) is 29.8 Å². The van der Waals surface area contributed by atoms with E-state index in [0.29, 0.717) is 5.92 Å². The maximum atomic E-state index is 4.62. The van der Waals surface area contributed by atoms with Gasteiger partial charge in [0.05, 0.1) is 11.4 Å². The summed E-state index contributed by atoms with van der Waals surface area (Å²) in [7, 11) is 0. The van der Waals surface area contributed by atoms with Crippen molar-refractivity contribution in [2.75, 3.05) is 0 Å². The maximum absolute atomic E-state index is 4.62. The molecule has 4 rings (SSSR count). The molecule has 3 heteroatoms. The zero-order chi connectivity index (χ0) is 19.6. The fourth-order valence-corrected chi connectivity index (χ4v) is 2.76. The summed E-state index contributed by atoms with van der Waals surface area (Å²) in [5.74, 6) is 0.689. The van der Waals surface area contributed by atoms with Crippen LogP contribution in [0.1, 0.15) is 31.7 Å². The number of aromatic nitrogens is 2. The first kappa shape index (κ1) is 22.7. The zero-order valence-electron chi connectivity index (χ0n) is 16.7. The molecule has 0 fully saturated rings. The molecule has 1 atom stereocenters. The molecule has 0 spiro atoms. The second kappa shape index (κ2) is 12.1. The Morgan fingerprint density at radius 3 is 2.17 bits per heavy atom. The van der Waals surface area contributed by atoms with Gasteiger partial charge in [-0.25, -0.2) is 0 Å². The molecule has 2 aromatic heterocycles. The summed E-state index contributed by atoms with van der Waals surface area (Å²) < 4.78 is 0. The minimum Gasteiger partial charge on any atom is -0.295 e. The minimum absolute atomic E-state index is 0. The Bertz CT molecular complexity index is 903. The van der Waals surface area contributed by atoms with Gasteiger partial charge in [0.2, 0.25) is 0 Å². The molecular formula is C26H24N2Pt. The number of hydrogen-bond acceptors (Lipinski definition) is 2. The van der Waals surface area contributed by atoms with Crippen LogP contribution < -0.4 is 0 Å². The van der Waals surface area contributed by atoms with Crippen LogP contribution in [0.25, 0.3) is 22.6 Å². The molecule has 0 saturated carbocycles. The van der Waals surface area contributed by atoms with E-state index in [0.717, 1.165) is 22.6 Å². The van der Waals surface area contributed by atoms with Gasteiger partial charge in [-0.1, -0.05) is 38.5 Å². The number of pyridine rings is 2. The molecular weight excluding hydrogens is 535 g/mol. The van der Waals surface area contributed by atoms with E-state index < -0.39 is 0 Å². The largest absolute Gasteiger partial charge is 2.00 e. The van der Waals surface area contributed by atoms with Gasteiger partial charge in [-0.2, -0.15) is 35.9 Å². The molecule has 2 heterocycles. The molecule has 0 radical (unpaired) electrons. The number of hydrogen-bond donors (Lipinski definition) is 0. The molecule has 0 aliphatic rings. The second-order valence-electron chi connectivity index (χ2n) is 6.54. The molecule has 0 saturated heterocycles. The Morgan fingerprint density at radius 2 is 1.52 bits per heavy atom. The average molecular weight is 560 g/mol. The summed E-state index contributed by atoms with van der Waals surface area (Å²) in [6.45, 7) is 4.46. The Kier molecular flexibility index (Phi) is 9.47. The normalized spacial score (nSPS) is 10.8. The molecule has 2 nitrogen and oxygen atoms in total. The smallest absolute Gasteiger partial charge is 0.295 e. The van der Waals surface area contributed by atoms with E-state index in [1.54, 1.807) is 6.20 Å². The van der Waals surface area contributed by atoms with E-state index in [4.69, 9.17) is 0 Å². The molecule has 2 aromatic carbocycles. The summed E-state index contributed by atoms with van der Waals surface area (Å²) >= 11 is 0. The van der Waals surface area contributed by atoms with Crippen molar-refractivity contribution in [2.24, 2.45) is 0 Å². The van der Waals surface area contributed by atoms with Gasteiger partial charge in [0, 0.05) is 6.20 Å². The van der Waals surface area contributed by atoms with E-state index in [2.05, 4.69) is 48.1 Å². The van der Waals surface area contributed by atoms with Gasteiger partial charge in [0.1, 0.15) is 0 Å². The third-order valence-corrected chi connectivity index (χ3v) is 4.59. The van der Waals surface area contributed by atoms with E-state index in [9.17, 15) is 0 Å². The van der Waals surface area contributed by atoms with Gasteiger partial charge >= 0.3 is 21.1 Å². The van der Waals surface area contributed by atoms with Crippen molar-refractivity contribution >= 4 is 0 Å². The van der Waals surface area contributed by atoms with Gasteiger partial charge in [0.15, 0.2) is 0 Å². The predicted molar refractivity (Wildman–Crippen MR) is 116 cm³/mol. The monoisotopic (exact) mass is 559 g/mol. The van der Waals surface area contributed by atoms with Gasteiger partial charge < -0.3 is 0 Å². The molecule has 0 aliphatic carbocycles. The molecule has 0 N–H and O–H groups in total. The van der Waals surface area contributed by atoms with Crippen molar-refractivity contribution in [2.45, 2.75) is 26.2 Å². The third-order valence-electron chi connectivity index (χ3n) is 4.59. The summed E-state index contributed by atoms with van der Waals surface area (Å²) in [5, 5.41) is 0. The number of rotatable bonds is 4. The van der Waals surface area contributed by atoms with Gasteiger partial charge in [0.25, 0.3) is 0 Å². The summed E-state index contributed by atoms with van der Waals surface area (Å²) in [4.78, 5) is 8.93.